The van der Waals surface area contributed by atoms with Gasteiger partial charge in [-0.15, -0.1) is 0 Å². The van der Waals surface area contributed by atoms with Gasteiger partial charge in [0.1, 0.15) is 0 Å². The molecule has 1 saturated heterocycles. The largest absolute Gasteiger partial charge is 0.465 e. The minimum Gasteiger partial charge on any atom is -0.465 e. The number of halogens is 1. The number of ether oxygens (including phenoxy) is 2. The molecule has 1 N–H and O–H groups in total. The number of hydrogen-bond donors (Lipinski definition) is 1. The van der Waals surface area contributed by atoms with E-state index in [1.165, 1.54) is 7.11 Å². The van der Waals surface area contributed by atoms with Crippen molar-refractivity contribution in [1.82, 2.24) is 0 Å². The molecule has 0 bridgehead atoms. The zero-order chi connectivity index (χ0) is 17.4. The van der Waals surface area contributed by atoms with E-state index < -0.39 is 0 Å². The maximum atomic E-state index is 11.7. The Kier molecular flexibility index (Phi) is 4.40. The summed E-state index contributed by atoms with van der Waals surface area (Å²) in [6.45, 7) is 0.779. The highest BCUT2D eigenvalue weighted by Gasteiger charge is 2.39. The number of hydrogen-bond acceptors (Lipinski definition) is 4. The van der Waals surface area contributed by atoms with E-state index in [4.69, 9.17) is 21.1 Å². The van der Waals surface area contributed by atoms with E-state index in [1.54, 1.807) is 0 Å². The summed E-state index contributed by atoms with van der Waals surface area (Å²) < 4.78 is 10.9. The number of nitrogens with one attached hydrogen (secondary N) is 1. The molecule has 25 heavy (non-hydrogen) atoms. The van der Waals surface area contributed by atoms with Crippen molar-refractivity contribution in [2.45, 2.75) is 25.0 Å². The van der Waals surface area contributed by atoms with E-state index in [2.05, 4.69) is 5.32 Å². The lowest BCUT2D eigenvalue weighted by Crippen LogP contribution is -2.36. The van der Waals surface area contributed by atoms with Crippen molar-refractivity contribution in [3.05, 3.63) is 64.2 Å². The Morgan fingerprint density at radius 1 is 1.24 bits per heavy atom. The third kappa shape index (κ3) is 3.00. The fraction of sp³-hybridized carbons (Fsp3) is 0.350. The van der Waals surface area contributed by atoms with Crippen molar-refractivity contribution >= 4 is 23.3 Å². The SMILES string of the molecule is COC(=O)c1ccc(C2Nc3ccc(Cl)cc3[C@H]3OCCC[C@@H]23)cc1. The van der Waals surface area contributed by atoms with Crippen LogP contribution in [-0.2, 0) is 9.47 Å². The van der Waals surface area contributed by atoms with Crippen LogP contribution in [0.5, 0.6) is 0 Å². The number of esters is 1. The third-order valence-electron chi connectivity index (χ3n) is 5.12. The molecule has 0 spiro atoms. The van der Waals surface area contributed by atoms with E-state index in [0.29, 0.717) is 11.5 Å². The molecule has 3 atom stereocenters. The van der Waals surface area contributed by atoms with Gasteiger partial charge in [0.15, 0.2) is 0 Å². The first-order valence-corrected chi connectivity index (χ1v) is 8.91. The smallest absolute Gasteiger partial charge is 0.337 e. The van der Waals surface area contributed by atoms with Gasteiger partial charge in [-0.25, -0.2) is 4.79 Å². The second-order valence-corrected chi connectivity index (χ2v) is 7.00. The van der Waals surface area contributed by atoms with Gasteiger partial charge >= 0.3 is 5.97 Å². The van der Waals surface area contributed by atoms with E-state index in [9.17, 15) is 4.79 Å². The first-order valence-electron chi connectivity index (χ1n) is 8.53. The van der Waals surface area contributed by atoms with E-state index in [1.807, 2.05) is 42.5 Å². The highest BCUT2D eigenvalue weighted by molar-refractivity contribution is 6.30. The Bertz CT molecular complexity index is 790. The molecule has 0 aromatic heterocycles. The highest BCUT2D eigenvalue weighted by atomic mass is 35.5. The van der Waals surface area contributed by atoms with Gasteiger partial charge in [-0.3, -0.25) is 0 Å². The molecule has 4 rings (SSSR count). The fourth-order valence-corrected chi connectivity index (χ4v) is 4.10. The van der Waals surface area contributed by atoms with Crippen LogP contribution >= 0.6 is 11.6 Å². The third-order valence-corrected chi connectivity index (χ3v) is 5.35. The normalized spacial score (nSPS) is 24.6. The number of carbonyl (C=O) groups excluding carboxylic acids is 1. The topological polar surface area (TPSA) is 47.6 Å². The van der Waals surface area contributed by atoms with Crippen LogP contribution in [0.3, 0.4) is 0 Å². The molecule has 0 saturated carbocycles. The average Bonchev–Trinajstić information content (AvgIpc) is 2.67. The van der Waals surface area contributed by atoms with Gasteiger partial charge in [-0.2, -0.15) is 0 Å². The monoisotopic (exact) mass is 357 g/mol. The van der Waals surface area contributed by atoms with Gasteiger partial charge in [0, 0.05) is 28.8 Å². The number of benzene rings is 2. The maximum absolute atomic E-state index is 11.7. The van der Waals surface area contributed by atoms with Crippen molar-refractivity contribution < 1.29 is 14.3 Å². The molecule has 2 heterocycles. The van der Waals surface area contributed by atoms with Crippen LogP contribution < -0.4 is 5.32 Å². The van der Waals surface area contributed by atoms with Crippen molar-refractivity contribution in [3.63, 3.8) is 0 Å². The quantitative estimate of drug-likeness (QED) is 0.787. The molecule has 5 heteroatoms. The van der Waals surface area contributed by atoms with Gasteiger partial charge < -0.3 is 14.8 Å². The van der Waals surface area contributed by atoms with Crippen LogP contribution in [-0.4, -0.2) is 19.7 Å². The van der Waals surface area contributed by atoms with Crippen molar-refractivity contribution in [1.29, 1.82) is 0 Å². The molecule has 0 aliphatic carbocycles. The number of rotatable bonds is 2. The first-order chi connectivity index (χ1) is 12.2. The van der Waals surface area contributed by atoms with E-state index >= 15 is 0 Å². The molecule has 2 aromatic carbocycles. The molecular weight excluding hydrogens is 338 g/mol. The summed E-state index contributed by atoms with van der Waals surface area (Å²) in [6.07, 6.45) is 2.19. The number of carbonyl (C=O) groups is 1. The number of fused-ring (bicyclic) bond motifs is 3. The summed E-state index contributed by atoms with van der Waals surface area (Å²) in [4.78, 5) is 11.7. The Hall–Kier alpha value is -2.04. The first kappa shape index (κ1) is 16.4. The van der Waals surface area contributed by atoms with Crippen LogP contribution in [0.4, 0.5) is 5.69 Å². The molecular formula is C20H20ClNO3. The molecule has 0 radical (unpaired) electrons. The van der Waals surface area contributed by atoms with Crippen molar-refractivity contribution in [2.24, 2.45) is 5.92 Å². The summed E-state index contributed by atoms with van der Waals surface area (Å²) >= 11 is 6.19. The molecule has 0 amide bonds. The van der Waals surface area contributed by atoms with E-state index in [0.717, 1.165) is 41.3 Å². The lowest BCUT2D eigenvalue weighted by Gasteiger charge is -2.43. The highest BCUT2D eigenvalue weighted by Crippen LogP contribution is 2.49. The Labute approximate surface area is 152 Å². The Morgan fingerprint density at radius 2 is 2.04 bits per heavy atom. The Balaban J connectivity index is 1.69. The van der Waals surface area contributed by atoms with Crippen LogP contribution in [0.15, 0.2) is 42.5 Å². The van der Waals surface area contributed by atoms with Crippen LogP contribution in [0.2, 0.25) is 5.02 Å². The van der Waals surface area contributed by atoms with Gasteiger partial charge in [0.25, 0.3) is 0 Å². The van der Waals surface area contributed by atoms with Gasteiger partial charge in [0.2, 0.25) is 0 Å². The summed E-state index contributed by atoms with van der Waals surface area (Å²) in [5.74, 6) is 0.0192. The molecule has 2 aliphatic heterocycles. The number of anilines is 1. The summed E-state index contributed by atoms with van der Waals surface area (Å²) in [7, 11) is 1.39. The second kappa shape index (κ2) is 6.70. The molecule has 1 unspecified atom stereocenters. The van der Waals surface area contributed by atoms with Gasteiger partial charge in [-0.1, -0.05) is 23.7 Å². The van der Waals surface area contributed by atoms with Crippen LogP contribution in [0, 0.1) is 5.92 Å². The minimum absolute atomic E-state index is 0.0500. The zero-order valence-electron chi connectivity index (χ0n) is 14.0. The van der Waals surface area contributed by atoms with Crippen molar-refractivity contribution in [2.75, 3.05) is 19.0 Å². The maximum Gasteiger partial charge on any atom is 0.337 e. The zero-order valence-corrected chi connectivity index (χ0v) is 14.8. The fourth-order valence-electron chi connectivity index (χ4n) is 3.92. The predicted octanol–water partition coefficient (Wildman–Crippen LogP) is 4.76. The second-order valence-electron chi connectivity index (χ2n) is 6.56. The van der Waals surface area contributed by atoms with Gasteiger partial charge in [0.05, 0.1) is 24.8 Å². The predicted molar refractivity (Wildman–Crippen MR) is 97.0 cm³/mol. The summed E-state index contributed by atoms with van der Waals surface area (Å²) in [6, 6.07) is 13.7. The number of methoxy groups -OCH3 is 1. The molecule has 2 aliphatic rings. The Morgan fingerprint density at radius 3 is 2.80 bits per heavy atom. The van der Waals surface area contributed by atoms with Crippen molar-refractivity contribution in [3.8, 4) is 0 Å². The van der Waals surface area contributed by atoms with Gasteiger partial charge in [-0.05, 0) is 48.7 Å². The molecule has 130 valence electrons. The summed E-state index contributed by atoms with van der Waals surface area (Å²) in [5, 5.41) is 4.38. The standard InChI is InChI=1S/C20H20ClNO3/c1-24-20(23)13-6-4-12(5-7-13)18-15-3-2-10-25-19(15)16-11-14(21)8-9-17(16)22-18/h4-9,11,15,18-19,22H,2-3,10H2,1H3/t15-,18?,19-/m0/s1. The average molecular weight is 358 g/mol. The van der Waals surface area contributed by atoms with Crippen LogP contribution in [0.1, 0.15) is 46.5 Å². The molecule has 4 nitrogen and oxygen atoms in total. The molecule has 1 fully saturated rings. The lowest BCUT2D eigenvalue weighted by molar-refractivity contribution is -0.0381. The lowest BCUT2D eigenvalue weighted by atomic mass is 9.77. The minimum atomic E-state index is -0.318. The summed E-state index contributed by atoms with van der Waals surface area (Å²) in [5.41, 5.74) is 3.91. The molecule has 2 aromatic rings. The van der Waals surface area contributed by atoms with Crippen LogP contribution in [0.25, 0.3) is 0 Å². The van der Waals surface area contributed by atoms with E-state index in [-0.39, 0.29) is 18.1 Å².